The summed E-state index contributed by atoms with van der Waals surface area (Å²) in [5, 5.41) is 11.3. The van der Waals surface area contributed by atoms with Crippen molar-refractivity contribution in [3.63, 3.8) is 0 Å². The highest BCUT2D eigenvalue weighted by atomic mass is 35.5. The van der Waals surface area contributed by atoms with E-state index in [9.17, 15) is 4.79 Å². The Morgan fingerprint density at radius 2 is 1.83 bits per heavy atom. The van der Waals surface area contributed by atoms with Gasteiger partial charge in [0.2, 0.25) is 11.8 Å². The quantitative estimate of drug-likeness (QED) is 0.745. The first-order chi connectivity index (χ1) is 11.6. The number of carbonyl (C=O) groups is 1. The number of rotatable bonds is 5. The first-order valence-electron chi connectivity index (χ1n) is 7.25. The van der Waals surface area contributed by atoms with E-state index >= 15 is 0 Å². The van der Waals surface area contributed by atoms with Crippen molar-refractivity contribution in [1.29, 1.82) is 0 Å². The molecule has 0 atom stereocenters. The predicted molar refractivity (Wildman–Crippen MR) is 92.2 cm³/mol. The first-order valence-corrected chi connectivity index (χ1v) is 8.01. The number of nitrogens with zero attached hydrogens (tertiary/aromatic N) is 2. The Morgan fingerprint density at radius 1 is 1.04 bits per heavy atom. The fourth-order valence-corrected chi connectivity index (χ4v) is 2.50. The van der Waals surface area contributed by atoms with Crippen molar-refractivity contribution in [3.05, 3.63) is 70.0 Å². The molecule has 5 nitrogen and oxygen atoms in total. The van der Waals surface area contributed by atoms with Crippen LogP contribution in [0.5, 0.6) is 0 Å². The molecule has 7 heteroatoms. The Labute approximate surface area is 148 Å². The van der Waals surface area contributed by atoms with E-state index in [4.69, 9.17) is 27.6 Å². The standard InChI is InChI=1S/C17H13Cl2N3O2/c18-13-8-4-7-12(15(13)19)16(23)20-10-9-14-21-22-17(24-14)11-5-2-1-3-6-11/h1-8H,9-10H2,(H,20,23). The van der Waals surface area contributed by atoms with E-state index in [2.05, 4.69) is 15.5 Å². The summed E-state index contributed by atoms with van der Waals surface area (Å²) in [6.45, 7) is 0.345. The topological polar surface area (TPSA) is 68.0 Å². The van der Waals surface area contributed by atoms with Crippen LogP contribution in [0, 0.1) is 0 Å². The fraction of sp³-hybridized carbons (Fsp3) is 0.118. The van der Waals surface area contributed by atoms with Crippen LogP contribution in [-0.2, 0) is 6.42 Å². The van der Waals surface area contributed by atoms with E-state index in [1.807, 2.05) is 30.3 Å². The van der Waals surface area contributed by atoms with Crippen LogP contribution < -0.4 is 5.32 Å². The molecule has 0 saturated heterocycles. The SMILES string of the molecule is O=C(NCCc1nnc(-c2ccccc2)o1)c1cccc(Cl)c1Cl. The Balaban J connectivity index is 1.58. The third kappa shape index (κ3) is 3.75. The number of carbonyl (C=O) groups excluding carboxylic acids is 1. The van der Waals surface area contributed by atoms with E-state index in [-0.39, 0.29) is 10.9 Å². The summed E-state index contributed by atoms with van der Waals surface area (Å²) < 4.78 is 5.58. The Hall–Kier alpha value is -2.37. The highest BCUT2D eigenvalue weighted by molar-refractivity contribution is 6.43. The summed E-state index contributed by atoms with van der Waals surface area (Å²) in [5.74, 6) is 0.603. The zero-order chi connectivity index (χ0) is 16.9. The van der Waals surface area contributed by atoms with Crippen LogP contribution in [0.3, 0.4) is 0 Å². The van der Waals surface area contributed by atoms with Gasteiger partial charge in [-0.2, -0.15) is 0 Å². The number of hydrogen-bond acceptors (Lipinski definition) is 4. The maximum atomic E-state index is 12.1. The molecule has 24 heavy (non-hydrogen) atoms. The normalized spacial score (nSPS) is 10.6. The van der Waals surface area contributed by atoms with Gasteiger partial charge >= 0.3 is 0 Å². The summed E-state index contributed by atoms with van der Waals surface area (Å²) in [5.41, 5.74) is 1.19. The molecule has 3 aromatic rings. The van der Waals surface area contributed by atoms with Crippen molar-refractivity contribution in [1.82, 2.24) is 15.5 Å². The van der Waals surface area contributed by atoms with Crippen LogP contribution in [0.4, 0.5) is 0 Å². The molecule has 0 aliphatic carbocycles. The molecule has 0 saturated carbocycles. The molecule has 1 amide bonds. The minimum absolute atomic E-state index is 0.237. The smallest absolute Gasteiger partial charge is 0.252 e. The van der Waals surface area contributed by atoms with E-state index in [1.54, 1.807) is 18.2 Å². The zero-order valence-corrected chi connectivity index (χ0v) is 14.0. The largest absolute Gasteiger partial charge is 0.421 e. The summed E-state index contributed by atoms with van der Waals surface area (Å²) in [6, 6.07) is 14.4. The van der Waals surface area contributed by atoms with Gasteiger partial charge in [-0.25, -0.2) is 0 Å². The van der Waals surface area contributed by atoms with E-state index in [0.29, 0.717) is 35.3 Å². The highest BCUT2D eigenvalue weighted by Gasteiger charge is 2.13. The van der Waals surface area contributed by atoms with E-state index < -0.39 is 0 Å². The molecular weight excluding hydrogens is 349 g/mol. The lowest BCUT2D eigenvalue weighted by Gasteiger charge is -2.06. The summed E-state index contributed by atoms with van der Waals surface area (Å²) in [6.07, 6.45) is 0.420. The fourth-order valence-electron chi connectivity index (χ4n) is 2.11. The number of nitrogens with one attached hydrogen (secondary N) is 1. The molecule has 1 heterocycles. The molecule has 122 valence electrons. The number of hydrogen-bond donors (Lipinski definition) is 1. The Morgan fingerprint density at radius 3 is 2.62 bits per heavy atom. The lowest BCUT2D eigenvalue weighted by Crippen LogP contribution is -2.26. The molecule has 1 N–H and O–H groups in total. The minimum atomic E-state index is -0.301. The van der Waals surface area contributed by atoms with Crippen molar-refractivity contribution in [2.24, 2.45) is 0 Å². The predicted octanol–water partition coefficient (Wildman–Crippen LogP) is 4.02. The number of amides is 1. The molecule has 3 rings (SSSR count). The monoisotopic (exact) mass is 361 g/mol. The van der Waals surface area contributed by atoms with Crippen molar-refractivity contribution in [3.8, 4) is 11.5 Å². The van der Waals surface area contributed by atoms with Crippen LogP contribution in [-0.4, -0.2) is 22.6 Å². The average molecular weight is 362 g/mol. The van der Waals surface area contributed by atoms with Gasteiger partial charge < -0.3 is 9.73 Å². The molecule has 0 radical (unpaired) electrons. The second-order valence-electron chi connectivity index (χ2n) is 4.97. The third-order valence-electron chi connectivity index (χ3n) is 3.31. The molecule has 0 aliphatic heterocycles. The van der Waals surface area contributed by atoms with E-state index in [1.165, 1.54) is 0 Å². The van der Waals surface area contributed by atoms with Gasteiger partial charge in [0.15, 0.2) is 0 Å². The second-order valence-corrected chi connectivity index (χ2v) is 5.76. The number of benzene rings is 2. The van der Waals surface area contributed by atoms with Crippen LogP contribution in [0.1, 0.15) is 16.2 Å². The summed E-state index contributed by atoms with van der Waals surface area (Å²) >= 11 is 11.9. The van der Waals surface area contributed by atoms with Gasteiger partial charge in [0.1, 0.15) is 0 Å². The number of halogens is 2. The summed E-state index contributed by atoms with van der Waals surface area (Å²) in [7, 11) is 0. The number of aromatic nitrogens is 2. The van der Waals surface area contributed by atoms with Crippen LogP contribution >= 0.6 is 23.2 Å². The maximum absolute atomic E-state index is 12.1. The molecule has 0 aliphatic rings. The van der Waals surface area contributed by atoms with Gasteiger partial charge in [-0.05, 0) is 24.3 Å². The first kappa shape index (κ1) is 16.5. The van der Waals surface area contributed by atoms with Crippen molar-refractivity contribution >= 4 is 29.1 Å². The van der Waals surface area contributed by atoms with Crippen LogP contribution in [0.2, 0.25) is 10.0 Å². The zero-order valence-electron chi connectivity index (χ0n) is 12.5. The highest BCUT2D eigenvalue weighted by Crippen LogP contribution is 2.25. The lowest BCUT2D eigenvalue weighted by atomic mass is 10.2. The van der Waals surface area contributed by atoms with Crippen molar-refractivity contribution < 1.29 is 9.21 Å². The summed E-state index contributed by atoms with van der Waals surface area (Å²) in [4.78, 5) is 12.1. The van der Waals surface area contributed by atoms with Crippen LogP contribution in [0.25, 0.3) is 11.5 Å². The molecule has 1 aromatic heterocycles. The molecule has 0 fully saturated rings. The van der Waals surface area contributed by atoms with Gasteiger partial charge in [0.05, 0.1) is 15.6 Å². The molecule has 0 bridgehead atoms. The van der Waals surface area contributed by atoms with Gasteiger partial charge in [-0.3, -0.25) is 4.79 Å². The van der Waals surface area contributed by atoms with Gasteiger partial charge in [-0.15, -0.1) is 10.2 Å². The molecule has 2 aromatic carbocycles. The lowest BCUT2D eigenvalue weighted by molar-refractivity contribution is 0.0954. The van der Waals surface area contributed by atoms with Crippen molar-refractivity contribution in [2.75, 3.05) is 6.54 Å². The van der Waals surface area contributed by atoms with Crippen molar-refractivity contribution in [2.45, 2.75) is 6.42 Å². The Bertz CT molecular complexity index is 850. The molecular formula is C17H13Cl2N3O2. The van der Waals surface area contributed by atoms with Gasteiger partial charge in [0, 0.05) is 18.5 Å². The average Bonchev–Trinajstić information content (AvgIpc) is 3.07. The minimum Gasteiger partial charge on any atom is -0.421 e. The van der Waals surface area contributed by atoms with Gasteiger partial charge in [0.25, 0.3) is 5.91 Å². The molecule has 0 unspecified atom stereocenters. The maximum Gasteiger partial charge on any atom is 0.252 e. The second kappa shape index (κ2) is 7.47. The van der Waals surface area contributed by atoms with E-state index in [0.717, 1.165) is 5.56 Å². The van der Waals surface area contributed by atoms with Gasteiger partial charge in [-0.1, -0.05) is 47.5 Å². The van der Waals surface area contributed by atoms with Crippen LogP contribution in [0.15, 0.2) is 52.9 Å². The molecule has 0 spiro atoms. The Kier molecular flexibility index (Phi) is 5.13. The third-order valence-corrected chi connectivity index (χ3v) is 4.13.